The van der Waals surface area contributed by atoms with Crippen molar-refractivity contribution in [1.29, 1.82) is 0 Å². The van der Waals surface area contributed by atoms with E-state index in [9.17, 15) is 4.79 Å². The third kappa shape index (κ3) is 4.30. The van der Waals surface area contributed by atoms with Crippen molar-refractivity contribution in [2.75, 3.05) is 13.1 Å². The van der Waals surface area contributed by atoms with E-state index >= 15 is 0 Å². The van der Waals surface area contributed by atoms with Crippen LogP contribution in [0.25, 0.3) is 0 Å². The van der Waals surface area contributed by atoms with Crippen LogP contribution < -0.4 is 10.6 Å². The molecule has 3 nitrogen and oxygen atoms in total. The van der Waals surface area contributed by atoms with Gasteiger partial charge in [-0.15, -0.1) is 0 Å². The van der Waals surface area contributed by atoms with Gasteiger partial charge in [0.05, 0.1) is 0 Å². The molecule has 2 aliphatic carbocycles. The first-order valence-corrected chi connectivity index (χ1v) is 7.08. The highest BCUT2D eigenvalue weighted by Gasteiger charge is 2.29. The van der Waals surface area contributed by atoms with Crippen molar-refractivity contribution in [3.8, 4) is 0 Å². The standard InChI is InChI=1S/C14H26N2O/c1-14(2)7-5-12(6-8-14)15-9-10-16-13(17)11-3-4-11/h11-12,15H,3-10H2,1-2H3,(H,16,17). The van der Waals surface area contributed by atoms with Gasteiger partial charge in [-0.2, -0.15) is 0 Å². The zero-order valence-electron chi connectivity index (χ0n) is 11.2. The van der Waals surface area contributed by atoms with Gasteiger partial charge in [0.25, 0.3) is 0 Å². The summed E-state index contributed by atoms with van der Waals surface area (Å²) in [6, 6.07) is 0.667. The fourth-order valence-corrected chi connectivity index (χ4v) is 2.56. The smallest absolute Gasteiger partial charge is 0.223 e. The van der Waals surface area contributed by atoms with E-state index in [4.69, 9.17) is 0 Å². The Morgan fingerprint density at radius 3 is 2.35 bits per heavy atom. The predicted octanol–water partition coefficient (Wildman–Crippen LogP) is 2.07. The second-order valence-corrected chi connectivity index (χ2v) is 6.46. The van der Waals surface area contributed by atoms with Gasteiger partial charge >= 0.3 is 0 Å². The van der Waals surface area contributed by atoms with E-state index in [1.807, 2.05) is 0 Å². The molecular weight excluding hydrogens is 212 g/mol. The second-order valence-electron chi connectivity index (χ2n) is 6.46. The average molecular weight is 238 g/mol. The number of hydrogen-bond acceptors (Lipinski definition) is 2. The van der Waals surface area contributed by atoms with Gasteiger partial charge in [-0.1, -0.05) is 13.8 Å². The minimum atomic E-state index is 0.261. The fourth-order valence-electron chi connectivity index (χ4n) is 2.56. The van der Waals surface area contributed by atoms with E-state index in [1.54, 1.807) is 0 Å². The van der Waals surface area contributed by atoms with E-state index in [0.717, 1.165) is 25.9 Å². The van der Waals surface area contributed by atoms with Crippen LogP contribution in [0.5, 0.6) is 0 Å². The summed E-state index contributed by atoms with van der Waals surface area (Å²) in [4.78, 5) is 11.4. The Hall–Kier alpha value is -0.570. The third-order valence-electron chi connectivity index (χ3n) is 4.14. The van der Waals surface area contributed by atoms with Crippen LogP contribution in [0.15, 0.2) is 0 Å². The van der Waals surface area contributed by atoms with Crippen LogP contribution in [-0.4, -0.2) is 25.0 Å². The number of carbonyl (C=O) groups excluding carboxylic acids is 1. The number of nitrogens with one attached hydrogen (secondary N) is 2. The lowest BCUT2D eigenvalue weighted by atomic mass is 9.75. The van der Waals surface area contributed by atoms with Crippen molar-refractivity contribution in [2.45, 2.75) is 58.4 Å². The molecular formula is C14H26N2O. The molecule has 17 heavy (non-hydrogen) atoms. The predicted molar refractivity (Wildman–Crippen MR) is 69.8 cm³/mol. The first-order valence-electron chi connectivity index (χ1n) is 7.08. The molecule has 0 unspecified atom stereocenters. The van der Waals surface area contributed by atoms with Crippen molar-refractivity contribution >= 4 is 5.91 Å². The summed E-state index contributed by atoms with van der Waals surface area (Å²) in [5, 5.41) is 6.56. The number of hydrogen-bond donors (Lipinski definition) is 2. The lowest BCUT2D eigenvalue weighted by Crippen LogP contribution is -2.40. The maximum absolute atomic E-state index is 11.4. The molecule has 0 bridgehead atoms. The third-order valence-corrected chi connectivity index (χ3v) is 4.14. The van der Waals surface area contributed by atoms with Gasteiger partial charge in [-0.3, -0.25) is 4.79 Å². The Morgan fingerprint density at radius 1 is 1.12 bits per heavy atom. The minimum Gasteiger partial charge on any atom is -0.355 e. The zero-order valence-corrected chi connectivity index (χ0v) is 11.2. The maximum Gasteiger partial charge on any atom is 0.223 e. The van der Waals surface area contributed by atoms with Gasteiger partial charge in [-0.05, 0) is 43.9 Å². The SMILES string of the molecule is CC1(C)CCC(NCCNC(=O)C2CC2)CC1. The van der Waals surface area contributed by atoms with Gasteiger partial charge in [0.2, 0.25) is 5.91 Å². The van der Waals surface area contributed by atoms with E-state index in [2.05, 4.69) is 24.5 Å². The molecule has 0 aliphatic heterocycles. The molecule has 0 aromatic heterocycles. The van der Waals surface area contributed by atoms with Gasteiger partial charge in [0.1, 0.15) is 0 Å². The molecule has 0 heterocycles. The zero-order chi connectivity index (χ0) is 12.3. The Balaban J connectivity index is 1.52. The molecule has 2 N–H and O–H groups in total. The van der Waals surface area contributed by atoms with Gasteiger partial charge in [-0.25, -0.2) is 0 Å². The van der Waals surface area contributed by atoms with E-state index in [1.165, 1.54) is 25.7 Å². The number of carbonyl (C=O) groups is 1. The van der Waals surface area contributed by atoms with Crippen molar-refractivity contribution < 1.29 is 4.79 Å². The van der Waals surface area contributed by atoms with Crippen molar-refractivity contribution in [1.82, 2.24) is 10.6 Å². The first-order chi connectivity index (χ1) is 8.07. The second kappa shape index (κ2) is 5.38. The Morgan fingerprint density at radius 2 is 1.76 bits per heavy atom. The summed E-state index contributed by atoms with van der Waals surface area (Å²) in [7, 11) is 0. The molecule has 0 spiro atoms. The van der Waals surface area contributed by atoms with Crippen LogP contribution in [0, 0.1) is 11.3 Å². The molecule has 2 saturated carbocycles. The number of rotatable bonds is 5. The maximum atomic E-state index is 11.4. The Kier molecular flexibility index (Phi) is 4.08. The molecule has 98 valence electrons. The van der Waals surface area contributed by atoms with Crippen molar-refractivity contribution in [3.63, 3.8) is 0 Å². The molecule has 0 atom stereocenters. The fraction of sp³-hybridized carbons (Fsp3) is 0.929. The molecule has 0 radical (unpaired) electrons. The highest BCUT2D eigenvalue weighted by molar-refractivity contribution is 5.80. The van der Waals surface area contributed by atoms with Crippen LogP contribution in [-0.2, 0) is 4.79 Å². The largest absolute Gasteiger partial charge is 0.355 e. The summed E-state index contributed by atoms with van der Waals surface area (Å²) in [5.74, 6) is 0.599. The van der Waals surface area contributed by atoms with Crippen LogP contribution in [0.2, 0.25) is 0 Å². The van der Waals surface area contributed by atoms with E-state index in [-0.39, 0.29) is 5.91 Å². The van der Waals surface area contributed by atoms with Gasteiger partial charge < -0.3 is 10.6 Å². The minimum absolute atomic E-state index is 0.261. The first kappa shape index (κ1) is 12.9. The monoisotopic (exact) mass is 238 g/mol. The van der Waals surface area contributed by atoms with Gasteiger partial charge in [0, 0.05) is 25.0 Å². The van der Waals surface area contributed by atoms with Crippen molar-refractivity contribution in [3.05, 3.63) is 0 Å². The van der Waals surface area contributed by atoms with Gasteiger partial charge in [0.15, 0.2) is 0 Å². The average Bonchev–Trinajstić information content (AvgIpc) is 3.09. The topological polar surface area (TPSA) is 41.1 Å². The highest BCUT2D eigenvalue weighted by atomic mass is 16.2. The molecule has 1 amide bonds. The molecule has 0 aromatic carbocycles. The number of amides is 1. The summed E-state index contributed by atoms with van der Waals surface area (Å²) in [6.45, 7) is 6.43. The Labute approximate surface area is 105 Å². The summed E-state index contributed by atoms with van der Waals surface area (Å²) < 4.78 is 0. The summed E-state index contributed by atoms with van der Waals surface area (Å²) in [5.41, 5.74) is 0.540. The quantitative estimate of drug-likeness (QED) is 0.720. The molecule has 2 rings (SSSR count). The molecule has 0 saturated heterocycles. The molecule has 3 heteroatoms. The lowest BCUT2D eigenvalue weighted by molar-refractivity contribution is -0.122. The molecule has 0 aromatic rings. The normalized spacial score (nSPS) is 24.6. The molecule has 2 aliphatic rings. The van der Waals surface area contributed by atoms with E-state index in [0.29, 0.717) is 17.4 Å². The highest BCUT2D eigenvalue weighted by Crippen LogP contribution is 2.34. The van der Waals surface area contributed by atoms with Crippen molar-refractivity contribution in [2.24, 2.45) is 11.3 Å². The van der Waals surface area contributed by atoms with Crippen LogP contribution in [0.1, 0.15) is 52.4 Å². The van der Waals surface area contributed by atoms with Crippen LogP contribution in [0.4, 0.5) is 0 Å². The van der Waals surface area contributed by atoms with E-state index < -0.39 is 0 Å². The van der Waals surface area contributed by atoms with Crippen LogP contribution in [0.3, 0.4) is 0 Å². The van der Waals surface area contributed by atoms with Crippen LogP contribution >= 0.6 is 0 Å². The summed E-state index contributed by atoms with van der Waals surface area (Å²) in [6.07, 6.45) is 7.39. The summed E-state index contributed by atoms with van der Waals surface area (Å²) >= 11 is 0. The lowest BCUT2D eigenvalue weighted by Gasteiger charge is -2.34. The molecule has 2 fully saturated rings. The Bertz CT molecular complexity index is 261.